The van der Waals surface area contributed by atoms with Gasteiger partial charge in [-0.25, -0.2) is 15.0 Å². The zero-order chi connectivity index (χ0) is 22.8. The van der Waals surface area contributed by atoms with Gasteiger partial charge in [-0.1, -0.05) is 30.3 Å². The second-order valence-corrected chi connectivity index (χ2v) is 8.92. The third-order valence-electron chi connectivity index (χ3n) is 6.20. The van der Waals surface area contributed by atoms with Gasteiger partial charge in [-0.05, 0) is 62.7 Å². The highest BCUT2D eigenvalue weighted by atomic mass is 15.2. The molecule has 1 fully saturated rings. The fraction of sp³-hybridized carbons (Fsp3) is 0.296. The maximum atomic E-state index is 4.96. The van der Waals surface area contributed by atoms with Gasteiger partial charge in [0.15, 0.2) is 0 Å². The molecule has 0 amide bonds. The minimum Gasteiger partial charge on any atom is -0.362 e. The summed E-state index contributed by atoms with van der Waals surface area (Å²) in [6.45, 7) is 3.91. The number of aromatic nitrogens is 3. The van der Waals surface area contributed by atoms with Crippen LogP contribution in [0, 0.1) is 6.92 Å². The van der Waals surface area contributed by atoms with Gasteiger partial charge in [-0.15, -0.1) is 0 Å². The number of nitrogens with one attached hydrogen (secondary N) is 1. The van der Waals surface area contributed by atoms with Crippen molar-refractivity contribution in [3.63, 3.8) is 0 Å². The molecule has 33 heavy (non-hydrogen) atoms. The van der Waals surface area contributed by atoms with Crippen molar-refractivity contribution in [3.8, 4) is 0 Å². The van der Waals surface area contributed by atoms with Crippen LogP contribution in [-0.2, 0) is 6.54 Å². The maximum absolute atomic E-state index is 4.96. The Bertz CT molecular complexity index is 1270. The van der Waals surface area contributed by atoms with Gasteiger partial charge in [0.1, 0.15) is 17.5 Å². The fourth-order valence-corrected chi connectivity index (χ4v) is 4.67. The molecule has 1 aliphatic rings. The number of aryl methyl sites for hydroxylation is 1. The van der Waals surface area contributed by atoms with Crippen LogP contribution in [0.25, 0.3) is 10.9 Å². The van der Waals surface area contributed by atoms with E-state index in [2.05, 4.69) is 70.6 Å². The van der Waals surface area contributed by atoms with E-state index in [4.69, 9.17) is 9.97 Å². The molecule has 6 nitrogen and oxygen atoms in total. The number of benzene rings is 1. The quantitative estimate of drug-likeness (QED) is 0.430. The average Bonchev–Trinajstić information content (AvgIpc) is 3.27. The van der Waals surface area contributed by atoms with Crippen molar-refractivity contribution in [3.05, 3.63) is 83.7 Å². The van der Waals surface area contributed by atoms with E-state index in [0.29, 0.717) is 6.04 Å². The molecule has 0 radical (unpaired) electrons. The molecule has 1 atom stereocenters. The predicted molar refractivity (Wildman–Crippen MR) is 135 cm³/mol. The van der Waals surface area contributed by atoms with Crippen LogP contribution in [0.1, 0.15) is 35.8 Å². The standard InChI is InChI=1S/C27H30N6/c1-19-9-6-14-25(28-19)31-26-15-7-12-23(29-26)24-13-8-16-33(24)18-21-17-20-10-4-5-11-22(20)30-27(21)32(2)3/h4-7,9-12,14-15,17,24H,8,13,16,18H2,1-3H3,(H,28,29,31)/t24-/m1/s1. The van der Waals surface area contributed by atoms with Gasteiger partial charge in [-0.3, -0.25) is 4.90 Å². The van der Waals surface area contributed by atoms with Crippen LogP contribution in [0.3, 0.4) is 0 Å². The number of nitrogens with zero attached hydrogens (tertiary/aromatic N) is 5. The molecule has 5 rings (SSSR count). The van der Waals surface area contributed by atoms with Crippen LogP contribution >= 0.6 is 0 Å². The summed E-state index contributed by atoms with van der Waals surface area (Å²) < 4.78 is 0. The zero-order valence-electron chi connectivity index (χ0n) is 19.5. The molecule has 4 heterocycles. The van der Waals surface area contributed by atoms with E-state index in [0.717, 1.165) is 53.9 Å². The monoisotopic (exact) mass is 438 g/mol. The van der Waals surface area contributed by atoms with Crippen molar-refractivity contribution in [2.24, 2.45) is 0 Å². The average molecular weight is 439 g/mol. The molecule has 1 aliphatic heterocycles. The van der Waals surface area contributed by atoms with Crippen molar-refractivity contribution >= 4 is 28.4 Å². The molecule has 0 unspecified atom stereocenters. The van der Waals surface area contributed by atoms with Crippen LogP contribution in [-0.4, -0.2) is 40.5 Å². The summed E-state index contributed by atoms with van der Waals surface area (Å²) >= 11 is 0. The van der Waals surface area contributed by atoms with E-state index >= 15 is 0 Å². The minimum atomic E-state index is 0.290. The number of likely N-dealkylation sites (tertiary alicyclic amines) is 1. The van der Waals surface area contributed by atoms with Crippen molar-refractivity contribution in [1.29, 1.82) is 0 Å². The summed E-state index contributed by atoms with van der Waals surface area (Å²) in [5.41, 5.74) is 4.38. The summed E-state index contributed by atoms with van der Waals surface area (Å²) in [4.78, 5) is 19.1. The molecule has 4 aromatic rings. The Kier molecular flexibility index (Phi) is 5.92. The van der Waals surface area contributed by atoms with Gasteiger partial charge in [0.05, 0.1) is 17.3 Å². The molecule has 0 saturated carbocycles. The first-order valence-corrected chi connectivity index (χ1v) is 11.5. The summed E-state index contributed by atoms with van der Waals surface area (Å²) in [6.07, 6.45) is 2.28. The Hall–Kier alpha value is -3.51. The normalized spacial score (nSPS) is 16.3. The highest BCUT2D eigenvalue weighted by molar-refractivity contribution is 5.81. The smallest absolute Gasteiger partial charge is 0.133 e. The fourth-order valence-electron chi connectivity index (χ4n) is 4.67. The lowest BCUT2D eigenvalue weighted by Crippen LogP contribution is -2.25. The molecule has 1 aromatic carbocycles. The molecule has 0 aliphatic carbocycles. The van der Waals surface area contributed by atoms with Gasteiger partial charge in [-0.2, -0.15) is 0 Å². The molecule has 168 valence electrons. The van der Waals surface area contributed by atoms with Gasteiger partial charge in [0, 0.05) is 37.3 Å². The summed E-state index contributed by atoms with van der Waals surface area (Å²) in [6, 6.07) is 23.1. The van der Waals surface area contributed by atoms with E-state index in [1.807, 2.05) is 37.3 Å². The van der Waals surface area contributed by atoms with Gasteiger partial charge >= 0.3 is 0 Å². The molecular formula is C27H30N6. The molecule has 3 aromatic heterocycles. The Morgan fingerprint density at radius 2 is 1.73 bits per heavy atom. The van der Waals surface area contributed by atoms with Crippen LogP contribution < -0.4 is 10.2 Å². The van der Waals surface area contributed by atoms with E-state index in [1.54, 1.807) is 0 Å². The second kappa shape index (κ2) is 9.16. The number of hydrogen-bond donors (Lipinski definition) is 1. The summed E-state index contributed by atoms with van der Waals surface area (Å²) in [5, 5.41) is 4.54. The Balaban J connectivity index is 1.41. The number of hydrogen-bond acceptors (Lipinski definition) is 6. The molecule has 0 spiro atoms. The zero-order valence-corrected chi connectivity index (χ0v) is 19.5. The SMILES string of the molecule is Cc1cccc(Nc2cccc([C@H]3CCCN3Cc3cc4ccccc4nc3N(C)C)n2)n1. The first kappa shape index (κ1) is 21.3. The van der Waals surface area contributed by atoms with Crippen molar-refractivity contribution in [2.45, 2.75) is 32.4 Å². The van der Waals surface area contributed by atoms with Crippen molar-refractivity contribution in [1.82, 2.24) is 19.9 Å². The lowest BCUT2D eigenvalue weighted by Gasteiger charge is -2.26. The van der Waals surface area contributed by atoms with E-state index < -0.39 is 0 Å². The van der Waals surface area contributed by atoms with Crippen LogP contribution in [0.4, 0.5) is 17.5 Å². The van der Waals surface area contributed by atoms with Crippen molar-refractivity contribution < 1.29 is 0 Å². The van der Waals surface area contributed by atoms with Gasteiger partial charge < -0.3 is 10.2 Å². The summed E-state index contributed by atoms with van der Waals surface area (Å²) in [5.74, 6) is 2.69. The molecular weight excluding hydrogens is 408 g/mol. The Morgan fingerprint density at radius 1 is 0.939 bits per heavy atom. The van der Waals surface area contributed by atoms with Crippen LogP contribution in [0.5, 0.6) is 0 Å². The Morgan fingerprint density at radius 3 is 2.55 bits per heavy atom. The van der Waals surface area contributed by atoms with Gasteiger partial charge in [0.2, 0.25) is 0 Å². The topological polar surface area (TPSA) is 57.2 Å². The number of pyridine rings is 3. The van der Waals surface area contributed by atoms with E-state index in [1.165, 1.54) is 17.4 Å². The molecule has 1 N–H and O–H groups in total. The van der Waals surface area contributed by atoms with Crippen LogP contribution in [0.2, 0.25) is 0 Å². The largest absolute Gasteiger partial charge is 0.362 e. The first-order chi connectivity index (χ1) is 16.1. The third-order valence-corrected chi connectivity index (χ3v) is 6.20. The van der Waals surface area contributed by atoms with E-state index in [-0.39, 0.29) is 0 Å². The number of para-hydroxylation sites is 1. The minimum absolute atomic E-state index is 0.290. The first-order valence-electron chi connectivity index (χ1n) is 11.5. The molecule has 0 bridgehead atoms. The predicted octanol–water partition coefficient (Wildman–Crippen LogP) is 5.48. The maximum Gasteiger partial charge on any atom is 0.133 e. The highest BCUT2D eigenvalue weighted by Crippen LogP contribution is 2.34. The number of fused-ring (bicyclic) bond motifs is 1. The third kappa shape index (κ3) is 4.66. The number of rotatable bonds is 6. The lowest BCUT2D eigenvalue weighted by atomic mass is 10.1. The Labute approximate surface area is 195 Å². The summed E-state index contributed by atoms with van der Waals surface area (Å²) in [7, 11) is 4.14. The molecule has 1 saturated heterocycles. The second-order valence-electron chi connectivity index (χ2n) is 8.92. The van der Waals surface area contributed by atoms with E-state index in [9.17, 15) is 0 Å². The number of anilines is 3. The molecule has 6 heteroatoms. The highest BCUT2D eigenvalue weighted by Gasteiger charge is 2.28. The van der Waals surface area contributed by atoms with Crippen LogP contribution in [0.15, 0.2) is 66.7 Å². The van der Waals surface area contributed by atoms with Gasteiger partial charge in [0.25, 0.3) is 0 Å². The lowest BCUT2D eigenvalue weighted by molar-refractivity contribution is 0.244. The van der Waals surface area contributed by atoms with Crippen molar-refractivity contribution in [2.75, 3.05) is 30.9 Å².